The largest absolute Gasteiger partial charge is 0.497 e. The van der Waals surface area contributed by atoms with E-state index >= 15 is 0 Å². The number of carbonyl (C=O) groups excluding carboxylic acids is 2. The van der Waals surface area contributed by atoms with Crippen LogP contribution in [-0.4, -0.2) is 25.7 Å². The number of ether oxygens (including phenoxy) is 3. The van der Waals surface area contributed by atoms with Crippen molar-refractivity contribution in [2.75, 3.05) is 13.7 Å². The van der Waals surface area contributed by atoms with Crippen LogP contribution in [-0.2, 0) is 19.1 Å². The zero-order chi connectivity index (χ0) is 13.5. The smallest absolute Gasteiger partial charge is 0.303 e. The quantitative estimate of drug-likeness (QED) is 0.748. The molecule has 0 saturated heterocycles. The van der Waals surface area contributed by atoms with E-state index in [1.165, 1.54) is 13.8 Å². The van der Waals surface area contributed by atoms with Gasteiger partial charge in [0.1, 0.15) is 12.4 Å². The van der Waals surface area contributed by atoms with Gasteiger partial charge in [-0.05, 0) is 17.7 Å². The van der Waals surface area contributed by atoms with Crippen LogP contribution in [0.5, 0.6) is 5.75 Å². The van der Waals surface area contributed by atoms with Crippen molar-refractivity contribution in [3.63, 3.8) is 0 Å². The van der Waals surface area contributed by atoms with E-state index in [-0.39, 0.29) is 6.61 Å². The molecule has 0 aliphatic rings. The number of hydrogen-bond acceptors (Lipinski definition) is 5. The van der Waals surface area contributed by atoms with Gasteiger partial charge in [0.15, 0.2) is 6.10 Å². The molecule has 0 radical (unpaired) electrons. The van der Waals surface area contributed by atoms with Crippen molar-refractivity contribution in [1.82, 2.24) is 0 Å². The van der Waals surface area contributed by atoms with Crippen LogP contribution in [0.1, 0.15) is 25.5 Å². The number of carbonyl (C=O) groups is 2. The summed E-state index contributed by atoms with van der Waals surface area (Å²) in [4.78, 5) is 21.8. The van der Waals surface area contributed by atoms with Gasteiger partial charge in [0.2, 0.25) is 0 Å². The van der Waals surface area contributed by atoms with Crippen molar-refractivity contribution < 1.29 is 23.8 Å². The van der Waals surface area contributed by atoms with Crippen molar-refractivity contribution in [2.45, 2.75) is 20.0 Å². The molecule has 18 heavy (non-hydrogen) atoms. The molecule has 5 heteroatoms. The minimum Gasteiger partial charge on any atom is -0.497 e. The van der Waals surface area contributed by atoms with E-state index in [1.54, 1.807) is 31.4 Å². The lowest BCUT2D eigenvalue weighted by molar-refractivity contribution is -0.156. The maximum atomic E-state index is 11.0. The predicted octanol–water partition coefficient (Wildman–Crippen LogP) is 1.86. The fraction of sp³-hybridized carbons (Fsp3) is 0.385. The average Bonchev–Trinajstić information content (AvgIpc) is 2.34. The molecule has 1 unspecified atom stereocenters. The molecule has 0 aliphatic carbocycles. The van der Waals surface area contributed by atoms with Gasteiger partial charge in [-0.3, -0.25) is 9.59 Å². The second-order valence-electron chi connectivity index (χ2n) is 3.68. The fourth-order valence-corrected chi connectivity index (χ4v) is 1.43. The predicted molar refractivity (Wildman–Crippen MR) is 64.1 cm³/mol. The van der Waals surface area contributed by atoms with Crippen LogP contribution >= 0.6 is 0 Å². The number of esters is 2. The lowest BCUT2D eigenvalue weighted by atomic mass is 10.1. The number of benzene rings is 1. The van der Waals surface area contributed by atoms with Gasteiger partial charge in [0.05, 0.1) is 7.11 Å². The summed E-state index contributed by atoms with van der Waals surface area (Å²) in [6.45, 7) is 2.60. The lowest BCUT2D eigenvalue weighted by Gasteiger charge is -2.17. The summed E-state index contributed by atoms with van der Waals surface area (Å²) in [6.07, 6.45) is -0.624. The summed E-state index contributed by atoms with van der Waals surface area (Å²) >= 11 is 0. The van der Waals surface area contributed by atoms with Gasteiger partial charge in [-0.1, -0.05) is 12.1 Å². The standard InChI is InChI=1S/C13H16O5/c1-9(14)17-8-13(18-10(2)15)11-5-4-6-12(7-11)16-3/h4-7,13H,8H2,1-3H3. The summed E-state index contributed by atoms with van der Waals surface area (Å²) in [5.74, 6) is -0.211. The molecule has 0 spiro atoms. The number of hydrogen-bond donors (Lipinski definition) is 0. The molecule has 0 N–H and O–H groups in total. The van der Waals surface area contributed by atoms with Gasteiger partial charge in [0, 0.05) is 13.8 Å². The Morgan fingerprint density at radius 3 is 2.50 bits per heavy atom. The SMILES string of the molecule is COc1cccc(C(COC(C)=O)OC(C)=O)c1. The van der Waals surface area contributed by atoms with Crippen LogP contribution < -0.4 is 4.74 Å². The van der Waals surface area contributed by atoms with Gasteiger partial charge in [-0.2, -0.15) is 0 Å². The average molecular weight is 252 g/mol. The Hall–Kier alpha value is -2.04. The monoisotopic (exact) mass is 252 g/mol. The normalized spacial score (nSPS) is 11.5. The van der Waals surface area contributed by atoms with Gasteiger partial charge < -0.3 is 14.2 Å². The Balaban J connectivity index is 2.85. The second-order valence-corrected chi connectivity index (χ2v) is 3.68. The van der Waals surface area contributed by atoms with E-state index in [2.05, 4.69) is 0 Å². The van der Waals surface area contributed by atoms with Crippen molar-refractivity contribution in [1.29, 1.82) is 0 Å². The molecule has 1 aromatic carbocycles. The van der Waals surface area contributed by atoms with E-state index in [0.29, 0.717) is 11.3 Å². The maximum Gasteiger partial charge on any atom is 0.303 e. The van der Waals surface area contributed by atoms with E-state index in [0.717, 1.165) is 0 Å². The fourth-order valence-electron chi connectivity index (χ4n) is 1.43. The Labute approximate surface area is 106 Å². The van der Waals surface area contributed by atoms with Crippen LogP contribution in [0.4, 0.5) is 0 Å². The van der Waals surface area contributed by atoms with E-state index in [1.807, 2.05) is 0 Å². The van der Waals surface area contributed by atoms with E-state index < -0.39 is 18.0 Å². The lowest BCUT2D eigenvalue weighted by Crippen LogP contribution is -2.16. The highest BCUT2D eigenvalue weighted by molar-refractivity contribution is 5.67. The molecular formula is C13H16O5. The molecule has 98 valence electrons. The molecule has 1 aromatic rings. The highest BCUT2D eigenvalue weighted by Crippen LogP contribution is 2.22. The Morgan fingerprint density at radius 2 is 1.94 bits per heavy atom. The number of rotatable bonds is 5. The first-order valence-corrected chi connectivity index (χ1v) is 5.47. The first-order chi connectivity index (χ1) is 8.52. The highest BCUT2D eigenvalue weighted by atomic mass is 16.6. The topological polar surface area (TPSA) is 61.8 Å². The van der Waals surface area contributed by atoms with Crippen molar-refractivity contribution in [3.05, 3.63) is 29.8 Å². The second kappa shape index (κ2) is 6.64. The molecule has 0 aliphatic heterocycles. The van der Waals surface area contributed by atoms with Gasteiger partial charge in [-0.25, -0.2) is 0 Å². The molecule has 0 fully saturated rings. The third kappa shape index (κ3) is 4.45. The minimum atomic E-state index is -0.624. The maximum absolute atomic E-state index is 11.0. The Kier molecular flexibility index (Phi) is 5.17. The molecule has 0 heterocycles. The zero-order valence-corrected chi connectivity index (χ0v) is 10.6. The molecular weight excluding hydrogens is 236 g/mol. The van der Waals surface area contributed by atoms with Gasteiger partial charge in [0.25, 0.3) is 0 Å². The van der Waals surface area contributed by atoms with Crippen molar-refractivity contribution in [3.8, 4) is 5.75 Å². The Bertz CT molecular complexity index is 427. The Morgan fingerprint density at radius 1 is 1.22 bits per heavy atom. The van der Waals surface area contributed by atoms with Crippen LogP contribution in [0.25, 0.3) is 0 Å². The molecule has 0 bridgehead atoms. The first-order valence-electron chi connectivity index (χ1n) is 5.47. The van der Waals surface area contributed by atoms with Gasteiger partial charge >= 0.3 is 11.9 Å². The van der Waals surface area contributed by atoms with Crippen LogP contribution in [0.2, 0.25) is 0 Å². The summed E-state index contributed by atoms with van der Waals surface area (Å²) in [5.41, 5.74) is 0.714. The molecule has 1 rings (SSSR count). The molecule has 1 atom stereocenters. The van der Waals surface area contributed by atoms with Crippen molar-refractivity contribution >= 4 is 11.9 Å². The van der Waals surface area contributed by atoms with E-state index in [9.17, 15) is 9.59 Å². The summed E-state index contributed by atoms with van der Waals surface area (Å²) < 4.78 is 15.1. The van der Waals surface area contributed by atoms with Crippen LogP contribution in [0, 0.1) is 0 Å². The summed E-state index contributed by atoms with van der Waals surface area (Å²) in [7, 11) is 1.55. The molecule has 0 aromatic heterocycles. The van der Waals surface area contributed by atoms with Crippen LogP contribution in [0.15, 0.2) is 24.3 Å². The summed E-state index contributed by atoms with van der Waals surface area (Å²) in [6, 6.07) is 7.06. The minimum absolute atomic E-state index is 0.0118. The molecule has 5 nitrogen and oxygen atoms in total. The first kappa shape index (κ1) is 14.0. The molecule has 0 amide bonds. The number of methoxy groups -OCH3 is 1. The van der Waals surface area contributed by atoms with E-state index in [4.69, 9.17) is 14.2 Å². The highest BCUT2D eigenvalue weighted by Gasteiger charge is 2.17. The third-order valence-electron chi connectivity index (χ3n) is 2.21. The van der Waals surface area contributed by atoms with Gasteiger partial charge in [-0.15, -0.1) is 0 Å². The zero-order valence-electron chi connectivity index (χ0n) is 10.6. The van der Waals surface area contributed by atoms with Crippen molar-refractivity contribution in [2.24, 2.45) is 0 Å². The third-order valence-corrected chi connectivity index (χ3v) is 2.21. The molecule has 0 saturated carbocycles. The van der Waals surface area contributed by atoms with Crippen LogP contribution in [0.3, 0.4) is 0 Å². The summed E-state index contributed by atoms with van der Waals surface area (Å²) in [5, 5.41) is 0.